The molecule has 7 heteroatoms. The lowest BCUT2D eigenvalue weighted by Gasteiger charge is -2.47. The van der Waals surface area contributed by atoms with E-state index in [0.29, 0.717) is 31.0 Å². The van der Waals surface area contributed by atoms with E-state index in [2.05, 4.69) is 10.3 Å². The third-order valence-corrected chi connectivity index (χ3v) is 7.58. The standard InChI is InChI=1S/C23H29N3O3S/c1-2-26(23(27)22-12-18-10-6-7-11-21(18)25-22)20-13-19(15-30(28,29)16-20)24-14-17-8-4-3-5-9-17/h3-12,19-20,24-25,28-29H,2,13-16H2,1H3/t19-,20+/m0/s1. The number of nitrogens with zero attached hydrogens (tertiary/aromatic N) is 1. The maximum atomic E-state index is 13.3. The van der Waals surface area contributed by atoms with E-state index in [9.17, 15) is 13.9 Å². The second-order valence-electron chi connectivity index (χ2n) is 7.95. The van der Waals surface area contributed by atoms with Crippen molar-refractivity contribution in [3.05, 3.63) is 71.9 Å². The molecule has 1 amide bonds. The lowest BCUT2D eigenvalue weighted by molar-refractivity contribution is 0.0679. The molecule has 4 N–H and O–H groups in total. The number of fused-ring (bicyclic) bond motifs is 1. The molecule has 0 aliphatic carbocycles. The number of H-pyrrole nitrogens is 1. The number of nitrogens with one attached hydrogen (secondary N) is 2. The molecule has 3 aromatic rings. The summed E-state index contributed by atoms with van der Waals surface area (Å²) in [6.45, 7) is 3.11. The molecule has 160 valence electrons. The van der Waals surface area contributed by atoms with Gasteiger partial charge in [-0.15, -0.1) is 0 Å². The van der Waals surface area contributed by atoms with Gasteiger partial charge in [0.15, 0.2) is 0 Å². The first kappa shape index (κ1) is 20.9. The first-order valence-electron chi connectivity index (χ1n) is 10.3. The summed E-state index contributed by atoms with van der Waals surface area (Å²) in [6.07, 6.45) is 0.697. The number of aromatic amines is 1. The molecule has 0 unspecified atom stereocenters. The van der Waals surface area contributed by atoms with Gasteiger partial charge in [-0.1, -0.05) is 48.5 Å². The highest BCUT2D eigenvalue weighted by Crippen LogP contribution is 2.45. The van der Waals surface area contributed by atoms with Crippen LogP contribution in [0.3, 0.4) is 0 Å². The number of amides is 1. The molecule has 1 aliphatic heterocycles. The predicted octanol–water partition coefficient (Wildman–Crippen LogP) is 4.31. The molecule has 0 saturated carbocycles. The molecular weight excluding hydrogens is 398 g/mol. The van der Waals surface area contributed by atoms with Gasteiger partial charge < -0.3 is 15.2 Å². The molecule has 2 aromatic carbocycles. The van der Waals surface area contributed by atoms with Gasteiger partial charge in [-0.05, 0) is 31.0 Å². The van der Waals surface area contributed by atoms with Gasteiger partial charge >= 0.3 is 0 Å². The van der Waals surface area contributed by atoms with Crippen molar-refractivity contribution in [2.24, 2.45) is 0 Å². The zero-order valence-corrected chi connectivity index (χ0v) is 17.9. The molecule has 2 heterocycles. The molecule has 0 radical (unpaired) electrons. The lowest BCUT2D eigenvalue weighted by atomic mass is 10.1. The minimum Gasteiger partial charge on any atom is -0.351 e. The van der Waals surface area contributed by atoms with Crippen molar-refractivity contribution in [3.8, 4) is 0 Å². The largest absolute Gasteiger partial charge is 0.351 e. The van der Waals surface area contributed by atoms with Crippen molar-refractivity contribution >= 4 is 27.4 Å². The highest BCUT2D eigenvalue weighted by molar-refractivity contribution is 8.24. The molecule has 4 rings (SSSR count). The summed E-state index contributed by atoms with van der Waals surface area (Å²) in [5.41, 5.74) is 2.61. The Kier molecular flexibility index (Phi) is 6.15. The Morgan fingerprint density at radius 3 is 2.60 bits per heavy atom. The van der Waals surface area contributed by atoms with E-state index >= 15 is 0 Å². The fraction of sp³-hybridized carbons (Fsp3) is 0.348. The van der Waals surface area contributed by atoms with Crippen LogP contribution in [0.5, 0.6) is 0 Å². The van der Waals surface area contributed by atoms with Crippen LogP contribution in [0.4, 0.5) is 0 Å². The van der Waals surface area contributed by atoms with Crippen LogP contribution in [0.1, 0.15) is 29.4 Å². The molecule has 1 saturated heterocycles. The average Bonchev–Trinajstić information content (AvgIpc) is 3.17. The summed E-state index contributed by atoms with van der Waals surface area (Å²) in [4.78, 5) is 18.2. The zero-order valence-electron chi connectivity index (χ0n) is 17.1. The molecule has 2 atom stereocenters. The van der Waals surface area contributed by atoms with Crippen LogP contribution in [-0.2, 0) is 6.54 Å². The van der Waals surface area contributed by atoms with Gasteiger partial charge in [-0.3, -0.25) is 13.9 Å². The lowest BCUT2D eigenvalue weighted by Crippen LogP contribution is -2.52. The molecular formula is C23H29N3O3S. The second-order valence-corrected chi connectivity index (χ2v) is 10.2. The Bertz CT molecular complexity index is 972. The van der Waals surface area contributed by atoms with Gasteiger partial charge in [-0.2, -0.15) is 10.6 Å². The van der Waals surface area contributed by atoms with E-state index < -0.39 is 10.6 Å². The van der Waals surface area contributed by atoms with Crippen molar-refractivity contribution in [1.29, 1.82) is 0 Å². The zero-order chi connectivity index (χ0) is 21.1. The number of hydrogen-bond acceptors (Lipinski definition) is 4. The summed E-state index contributed by atoms with van der Waals surface area (Å²) in [5, 5.41) is 4.45. The van der Waals surface area contributed by atoms with Gasteiger partial charge in [0.05, 0.1) is 17.5 Å². The summed E-state index contributed by atoms with van der Waals surface area (Å²) in [7, 11) is -2.75. The number of carbonyl (C=O) groups excluding carboxylic acids is 1. The van der Waals surface area contributed by atoms with Crippen LogP contribution in [0.2, 0.25) is 0 Å². The number of carbonyl (C=O) groups is 1. The van der Waals surface area contributed by atoms with Gasteiger partial charge in [-0.25, -0.2) is 0 Å². The van der Waals surface area contributed by atoms with Crippen LogP contribution in [0.25, 0.3) is 10.9 Å². The Balaban J connectivity index is 1.49. The Labute approximate surface area is 178 Å². The van der Waals surface area contributed by atoms with Crippen LogP contribution in [0.15, 0.2) is 60.7 Å². The predicted molar refractivity (Wildman–Crippen MR) is 123 cm³/mol. The molecule has 0 bridgehead atoms. The quantitative estimate of drug-likeness (QED) is 0.472. The normalized spacial score (nSPS) is 22.0. The third-order valence-electron chi connectivity index (χ3n) is 5.72. The van der Waals surface area contributed by atoms with Gasteiger partial charge in [0.25, 0.3) is 5.91 Å². The maximum absolute atomic E-state index is 13.3. The van der Waals surface area contributed by atoms with Crippen molar-refractivity contribution in [2.45, 2.75) is 32.0 Å². The highest BCUT2D eigenvalue weighted by Gasteiger charge is 2.36. The summed E-state index contributed by atoms with van der Waals surface area (Å²) in [5.74, 6) is 0.461. The van der Waals surface area contributed by atoms with Gasteiger partial charge in [0.2, 0.25) is 0 Å². The van der Waals surface area contributed by atoms with E-state index in [1.54, 1.807) is 4.90 Å². The number of hydrogen-bond donors (Lipinski definition) is 4. The molecule has 1 aromatic heterocycles. The third kappa shape index (κ3) is 4.70. The van der Waals surface area contributed by atoms with Gasteiger partial charge in [0.1, 0.15) is 5.69 Å². The average molecular weight is 428 g/mol. The first-order chi connectivity index (χ1) is 14.4. The molecule has 30 heavy (non-hydrogen) atoms. The second kappa shape index (κ2) is 8.81. The number of benzene rings is 2. The van der Waals surface area contributed by atoms with E-state index in [-0.39, 0.29) is 23.7 Å². The summed E-state index contributed by atoms with van der Waals surface area (Å²) in [6, 6.07) is 19.4. The highest BCUT2D eigenvalue weighted by atomic mass is 32.3. The van der Waals surface area contributed by atoms with Crippen molar-refractivity contribution < 1.29 is 13.9 Å². The molecule has 6 nitrogen and oxygen atoms in total. The SMILES string of the molecule is CCN(C(=O)c1cc2ccccc2[nH]1)[C@@H]1C[C@H](NCc2ccccc2)CS(O)(O)C1. The van der Waals surface area contributed by atoms with Crippen molar-refractivity contribution in [3.63, 3.8) is 0 Å². The fourth-order valence-electron chi connectivity index (χ4n) is 4.29. The molecule has 0 spiro atoms. The minimum atomic E-state index is -2.75. The fourth-order valence-corrected chi connectivity index (χ4v) is 6.26. The van der Waals surface area contributed by atoms with Gasteiger partial charge in [0, 0.05) is 30.0 Å². The first-order valence-corrected chi connectivity index (χ1v) is 12.2. The monoisotopic (exact) mass is 427 g/mol. The smallest absolute Gasteiger partial charge is 0.270 e. The van der Waals surface area contributed by atoms with E-state index in [1.165, 1.54) is 0 Å². The van der Waals surface area contributed by atoms with E-state index in [4.69, 9.17) is 0 Å². The topological polar surface area (TPSA) is 88.6 Å². The van der Waals surface area contributed by atoms with Crippen molar-refractivity contribution in [1.82, 2.24) is 15.2 Å². The summed E-state index contributed by atoms with van der Waals surface area (Å²) < 4.78 is 21.2. The Morgan fingerprint density at radius 1 is 1.13 bits per heavy atom. The minimum absolute atomic E-state index is 0.0569. The number of para-hydroxylation sites is 1. The molecule has 1 fully saturated rings. The Morgan fingerprint density at radius 2 is 1.87 bits per heavy atom. The van der Waals surface area contributed by atoms with Crippen LogP contribution >= 0.6 is 10.6 Å². The van der Waals surface area contributed by atoms with Crippen LogP contribution in [0, 0.1) is 0 Å². The van der Waals surface area contributed by atoms with Crippen LogP contribution in [-0.4, -0.2) is 55.0 Å². The van der Waals surface area contributed by atoms with Crippen molar-refractivity contribution in [2.75, 3.05) is 18.1 Å². The van der Waals surface area contributed by atoms with E-state index in [0.717, 1.165) is 16.5 Å². The summed E-state index contributed by atoms with van der Waals surface area (Å²) >= 11 is 0. The number of rotatable bonds is 6. The number of aromatic nitrogens is 1. The van der Waals surface area contributed by atoms with Crippen LogP contribution < -0.4 is 5.32 Å². The molecule has 1 aliphatic rings. The Hall–Kier alpha value is -2.32. The maximum Gasteiger partial charge on any atom is 0.270 e. The van der Waals surface area contributed by atoms with E-state index in [1.807, 2.05) is 67.6 Å².